The molecule has 0 aliphatic heterocycles. The molecule has 0 radical (unpaired) electrons. The van der Waals surface area contributed by atoms with E-state index in [0.717, 1.165) is 5.95 Å². The molecule has 1 fully saturated rings. The maximum atomic E-state index is 4.28. The van der Waals surface area contributed by atoms with E-state index in [1.54, 1.807) is 0 Å². The highest BCUT2D eigenvalue weighted by Crippen LogP contribution is 2.52. The van der Waals surface area contributed by atoms with Crippen LogP contribution in [0.4, 0.5) is 5.95 Å². The smallest absolute Gasteiger partial charge is 0.202 e. The monoisotopic (exact) mass is 213 g/mol. The zero-order valence-electron chi connectivity index (χ0n) is 9.30. The second-order valence-electron chi connectivity index (χ2n) is 4.23. The van der Waals surface area contributed by atoms with Crippen molar-refractivity contribution >= 4 is 5.95 Å². The van der Waals surface area contributed by atoms with E-state index in [4.69, 9.17) is 0 Å². The molecule has 1 aromatic carbocycles. The Morgan fingerprint density at radius 3 is 2.88 bits per heavy atom. The number of anilines is 1. The molecule has 0 amide bonds. The van der Waals surface area contributed by atoms with Gasteiger partial charge in [-0.05, 0) is 12.0 Å². The van der Waals surface area contributed by atoms with Crippen molar-refractivity contribution in [2.45, 2.75) is 18.4 Å². The molecule has 1 aromatic heterocycles. The van der Waals surface area contributed by atoms with Crippen LogP contribution in [0.5, 0.6) is 0 Å². The molecular formula is C13H15N3. The molecule has 3 rings (SSSR count). The van der Waals surface area contributed by atoms with Crippen molar-refractivity contribution in [3.05, 3.63) is 48.3 Å². The quantitative estimate of drug-likeness (QED) is 0.849. The predicted octanol–water partition coefficient (Wildman–Crippen LogP) is 2.65. The normalized spacial score (nSPS) is 23.1. The lowest BCUT2D eigenvalue weighted by molar-refractivity contribution is 0.724. The lowest BCUT2D eigenvalue weighted by atomic mass is 10.1. The van der Waals surface area contributed by atoms with Crippen molar-refractivity contribution in [2.75, 3.05) is 12.4 Å². The molecule has 16 heavy (non-hydrogen) atoms. The fraction of sp³-hybridized carbons (Fsp3) is 0.308. The fourth-order valence-electron chi connectivity index (χ4n) is 2.32. The molecule has 1 N–H and O–H groups in total. The van der Waals surface area contributed by atoms with Crippen LogP contribution in [0.3, 0.4) is 0 Å². The number of benzene rings is 1. The molecule has 2 aromatic rings. The van der Waals surface area contributed by atoms with Gasteiger partial charge in [0.2, 0.25) is 5.95 Å². The maximum absolute atomic E-state index is 4.28. The molecular weight excluding hydrogens is 198 g/mol. The standard InChI is InChI=1S/C13H15N3/c1-14-13-15-7-8-16(13)12-9-11(12)10-5-3-2-4-6-10/h2-8,11-12H,9H2,1H3,(H,14,15). The van der Waals surface area contributed by atoms with Gasteiger partial charge in [0.15, 0.2) is 0 Å². The summed E-state index contributed by atoms with van der Waals surface area (Å²) in [5.74, 6) is 1.62. The lowest BCUT2D eigenvalue weighted by Crippen LogP contribution is -2.01. The van der Waals surface area contributed by atoms with Crippen LogP contribution >= 0.6 is 0 Å². The van der Waals surface area contributed by atoms with E-state index in [2.05, 4.69) is 51.4 Å². The second kappa shape index (κ2) is 3.67. The Morgan fingerprint density at radius 1 is 1.31 bits per heavy atom. The first-order valence-electron chi connectivity index (χ1n) is 5.65. The third kappa shape index (κ3) is 1.48. The van der Waals surface area contributed by atoms with E-state index in [-0.39, 0.29) is 0 Å². The number of nitrogens with zero attached hydrogens (tertiary/aromatic N) is 2. The van der Waals surface area contributed by atoms with Gasteiger partial charge >= 0.3 is 0 Å². The van der Waals surface area contributed by atoms with E-state index in [0.29, 0.717) is 12.0 Å². The maximum Gasteiger partial charge on any atom is 0.202 e. The number of rotatable bonds is 3. The van der Waals surface area contributed by atoms with Crippen LogP contribution in [0, 0.1) is 0 Å². The molecule has 1 aliphatic rings. The molecule has 0 bridgehead atoms. The number of imidazole rings is 1. The highest BCUT2D eigenvalue weighted by molar-refractivity contribution is 5.32. The lowest BCUT2D eigenvalue weighted by Gasteiger charge is -2.06. The Labute approximate surface area is 95.1 Å². The minimum atomic E-state index is 0.576. The Hall–Kier alpha value is -1.77. The van der Waals surface area contributed by atoms with E-state index in [1.807, 2.05) is 13.2 Å². The van der Waals surface area contributed by atoms with Gasteiger partial charge in [0.05, 0.1) is 0 Å². The summed E-state index contributed by atoms with van der Waals surface area (Å²) in [6, 6.07) is 11.3. The van der Waals surface area contributed by atoms with Gasteiger partial charge in [0.25, 0.3) is 0 Å². The van der Waals surface area contributed by atoms with Crippen LogP contribution in [0.2, 0.25) is 0 Å². The van der Waals surface area contributed by atoms with E-state index in [1.165, 1.54) is 12.0 Å². The van der Waals surface area contributed by atoms with Crippen molar-refractivity contribution in [3.8, 4) is 0 Å². The molecule has 0 saturated heterocycles. The number of aromatic nitrogens is 2. The Balaban J connectivity index is 1.82. The van der Waals surface area contributed by atoms with Crippen LogP contribution in [-0.4, -0.2) is 16.6 Å². The summed E-state index contributed by atoms with van der Waals surface area (Å²) < 4.78 is 2.23. The van der Waals surface area contributed by atoms with Crippen LogP contribution in [0.15, 0.2) is 42.7 Å². The van der Waals surface area contributed by atoms with E-state index < -0.39 is 0 Å². The highest BCUT2D eigenvalue weighted by Gasteiger charge is 2.40. The predicted molar refractivity (Wildman–Crippen MR) is 64.6 cm³/mol. The van der Waals surface area contributed by atoms with Gasteiger partial charge in [0, 0.05) is 31.4 Å². The first-order chi connectivity index (χ1) is 7.90. The van der Waals surface area contributed by atoms with Gasteiger partial charge in [-0.15, -0.1) is 0 Å². The zero-order chi connectivity index (χ0) is 11.0. The third-order valence-electron chi connectivity index (χ3n) is 3.23. The molecule has 0 spiro atoms. The van der Waals surface area contributed by atoms with Gasteiger partial charge in [0.1, 0.15) is 0 Å². The van der Waals surface area contributed by atoms with Crippen LogP contribution in [-0.2, 0) is 0 Å². The number of hydrogen-bond donors (Lipinski definition) is 1. The highest BCUT2D eigenvalue weighted by atomic mass is 15.2. The molecule has 82 valence electrons. The molecule has 1 saturated carbocycles. The van der Waals surface area contributed by atoms with Gasteiger partial charge < -0.3 is 9.88 Å². The van der Waals surface area contributed by atoms with Crippen LogP contribution < -0.4 is 5.32 Å². The minimum Gasteiger partial charge on any atom is -0.359 e. The first-order valence-corrected chi connectivity index (χ1v) is 5.65. The molecule has 3 heteroatoms. The Morgan fingerprint density at radius 2 is 2.12 bits per heavy atom. The van der Waals surface area contributed by atoms with Crippen molar-refractivity contribution in [3.63, 3.8) is 0 Å². The topological polar surface area (TPSA) is 29.9 Å². The van der Waals surface area contributed by atoms with Gasteiger partial charge in [-0.1, -0.05) is 30.3 Å². The summed E-state index contributed by atoms with van der Waals surface area (Å²) in [6.45, 7) is 0. The molecule has 3 nitrogen and oxygen atoms in total. The minimum absolute atomic E-state index is 0.576. The largest absolute Gasteiger partial charge is 0.359 e. The summed E-state index contributed by atoms with van der Waals surface area (Å²) in [7, 11) is 1.92. The van der Waals surface area contributed by atoms with E-state index in [9.17, 15) is 0 Å². The summed E-state index contributed by atoms with van der Waals surface area (Å²) in [5, 5.41) is 3.12. The molecule has 1 heterocycles. The Kier molecular flexibility index (Phi) is 2.17. The molecule has 2 atom stereocenters. The van der Waals surface area contributed by atoms with Crippen molar-refractivity contribution in [1.29, 1.82) is 0 Å². The van der Waals surface area contributed by atoms with Crippen LogP contribution in [0.1, 0.15) is 23.9 Å². The van der Waals surface area contributed by atoms with Crippen LogP contribution in [0.25, 0.3) is 0 Å². The summed E-state index contributed by atoms with van der Waals surface area (Å²) in [5.41, 5.74) is 1.43. The number of nitrogens with one attached hydrogen (secondary N) is 1. The molecule has 2 unspecified atom stereocenters. The Bertz CT molecular complexity index is 475. The van der Waals surface area contributed by atoms with Crippen molar-refractivity contribution < 1.29 is 0 Å². The fourth-order valence-corrected chi connectivity index (χ4v) is 2.32. The zero-order valence-corrected chi connectivity index (χ0v) is 9.30. The summed E-state index contributed by atoms with van der Waals surface area (Å²) in [4.78, 5) is 4.28. The first kappa shape index (κ1) is 9.46. The average molecular weight is 213 g/mol. The van der Waals surface area contributed by atoms with Crippen molar-refractivity contribution in [2.24, 2.45) is 0 Å². The molecule has 1 aliphatic carbocycles. The summed E-state index contributed by atoms with van der Waals surface area (Å²) in [6.07, 6.45) is 5.13. The van der Waals surface area contributed by atoms with Gasteiger partial charge in [-0.2, -0.15) is 0 Å². The summed E-state index contributed by atoms with van der Waals surface area (Å²) >= 11 is 0. The average Bonchev–Trinajstić information content (AvgIpc) is 3.00. The van der Waals surface area contributed by atoms with E-state index >= 15 is 0 Å². The SMILES string of the molecule is CNc1nccn1C1CC1c1ccccc1. The third-order valence-corrected chi connectivity index (χ3v) is 3.23. The number of hydrogen-bond acceptors (Lipinski definition) is 2. The van der Waals surface area contributed by atoms with Gasteiger partial charge in [-0.25, -0.2) is 4.98 Å². The second-order valence-corrected chi connectivity index (χ2v) is 4.23. The van der Waals surface area contributed by atoms with Crippen molar-refractivity contribution in [1.82, 2.24) is 9.55 Å². The van der Waals surface area contributed by atoms with Gasteiger partial charge in [-0.3, -0.25) is 0 Å².